The average molecular weight is 375 g/mol. The lowest BCUT2D eigenvalue weighted by molar-refractivity contribution is 0.844. The first-order valence-corrected chi connectivity index (χ1v) is 7.48. The van der Waals surface area contributed by atoms with Crippen LogP contribution in [0.15, 0.2) is 66.9 Å². The molecule has 0 aliphatic heterocycles. The van der Waals surface area contributed by atoms with Crippen LogP contribution in [0.1, 0.15) is 5.69 Å². The van der Waals surface area contributed by atoms with Crippen molar-refractivity contribution >= 4 is 28.3 Å². The van der Waals surface area contributed by atoms with Gasteiger partial charge in [0.2, 0.25) is 0 Å². The molecule has 0 unspecified atom stereocenters. The van der Waals surface area contributed by atoms with Crippen LogP contribution in [0.25, 0.3) is 5.69 Å². The first-order valence-electron chi connectivity index (χ1n) is 6.41. The third kappa shape index (κ3) is 3.19. The second-order valence-corrected chi connectivity index (χ2v) is 5.70. The summed E-state index contributed by atoms with van der Waals surface area (Å²) in [7, 11) is 0. The third-order valence-corrected chi connectivity index (χ3v) is 3.63. The molecule has 20 heavy (non-hydrogen) atoms. The first kappa shape index (κ1) is 13.2. The Morgan fingerprint density at radius 3 is 2.65 bits per heavy atom. The van der Waals surface area contributed by atoms with Crippen LogP contribution in [0, 0.1) is 3.57 Å². The highest BCUT2D eigenvalue weighted by Gasteiger charge is 2.01. The van der Waals surface area contributed by atoms with Gasteiger partial charge < -0.3 is 5.32 Å². The molecule has 0 atom stereocenters. The topological polar surface area (TPSA) is 29.9 Å². The van der Waals surface area contributed by atoms with Crippen molar-refractivity contribution in [2.45, 2.75) is 6.54 Å². The van der Waals surface area contributed by atoms with Crippen LogP contribution < -0.4 is 5.32 Å². The van der Waals surface area contributed by atoms with Crippen LogP contribution in [-0.4, -0.2) is 9.78 Å². The quantitative estimate of drug-likeness (QED) is 0.697. The fourth-order valence-corrected chi connectivity index (χ4v) is 2.51. The van der Waals surface area contributed by atoms with E-state index in [1.165, 1.54) is 3.57 Å². The SMILES string of the molecule is Ic1cccc(NCc2ccn(-c3ccccc3)n2)c1. The van der Waals surface area contributed by atoms with Crippen LogP contribution in [0.5, 0.6) is 0 Å². The predicted molar refractivity (Wildman–Crippen MR) is 90.0 cm³/mol. The van der Waals surface area contributed by atoms with E-state index in [-0.39, 0.29) is 0 Å². The average Bonchev–Trinajstić information content (AvgIpc) is 2.95. The van der Waals surface area contributed by atoms with Gasteiger partial charge in [0, 0.05) is 15.5 Å². The van der Waals surface area contributed by atoms with Crippen LogP contribution in [-0.2, 0) is 6.54 Å². The van der Waals surface area contributed by atoms with Crippen molar-refractivity contribution < 1.29 is 0 Å². The smallest absolute Gasteiger partial charge is 0.0819 e. The Balaban J connectivity index is 1.69. The van der Waals surface area contributed by atoms with E-state index in [9.17, 15) is 0 Å². The van der Waals surface area contributed by atoms with Crippen molar-refractivity contribution in [1.82, 2.24) is 9.78 Å². The van der Waals surface area contributed by atoms with Crippen molar-refractivity contribution in [2.75, 3.05) is 5.32 Å². The lowest BCUT2D eigenvalue weighted by atomic mass is 10.3. The minimum absolute atomic E-state index is 0.722. The standard InChI is InChI=1S/C16H14IN3/c17-13-5-4-6-14(11-13)18-12-15-9-10-20(19-15)16-7-2-1-3-8-16/h1-11,18H,12H2. The molecule has 1 N–H and O–H groups in total. The zero-order chi connectivity index (χ0) is 13.8. The van der Waals surface area contributed by atoms with Gasteiger partial charge in [-0.3, -0.25) is 0 Å². The molecule has 0 fully saturated rings. The molecule has 3 aromatic rings. The van der Waals surface area contributed by atoms with Crippen molar-refractivity contribution in [2.24, 2.45) is 0 Å². The molecular formula is C16H14IN3. The van der Waals surface area contributed by atoms with Gasteiger partial charge in [-0.05, 0) is 59.0 Å². The molecule has 3 rings (SSSR count). The van der Waals surface area contributed by atoms with Crippen LogP contribution >= 0.6 is 22.6 Å². The number of hydrogen-bond donors (Lipinski definition) is 1. The summed E-state index contributed by atoms with van der Waals surface area (Å²) in [5, 5.41) is 7.96. The molecule has 0 aliphatic carbocycles. The minimum atomic E-state index is 0.722. The first-order chi connectivity index (χ1) is 9.81. The molecule has 0 radical (unpaired) electrons. The van der Waals surface area contributed by atoms with Crippen LogP contribution in [0.4, 0.5) is 5.69 Å². The molecule has 100 valence electrons. The molecule has 0 saturated heterocycles. The number of aromatic nitrogens is 2. The van der Waals surface area contributed by atoms with E-state index < -0.39 is 0 Å². The van der Waals surface area contributed by atoms with Gasteiger partial charge in [0.15, 0.2) is 0 Å². The van der Waals surface area contributed by atoms with Crippen LogP contribution in [0.3, 0.4) is 0 Å². The Hall–Kier alpha value is -1.82. The second kappa shape index (κ2) is 6.09. The van der Waals surface area contributed by atoms with Gasteiger partial charge in [0.05, 0.1) is 17.9 Å². The number of halogens is 1. The van der Waals surface area contributed by atoms with Crippen LogP contribution in [0.2, 0.25) is 0 Å². The summed E-state index contributed by atoms with van der Waals surface area (Å²) >= 11 is 2.31. The third-order valence-electron chi connectivity index (χ3n) is 2.96. The minimum Gasteiger partial charge on any atom is -0.379 e. The number of hydrogen-bond acceptors (Lipinski definition) is 2. The fraction of sp³-hybridized carbons (Fsp3) is 0.0625. The zero-order valence-electron chi connectivity index (χ0n) is 10.8. The van der Waals surface area contributed by atoms with Crippen molar-refractivity contribution in [3.63, 3.8) is 0 Å². The second-order valence-electron chi connectivity index (χ2n) is 4.45. The Bertz CT molecular complexity index is 692. The predicted octanol–water partition coefficient (Wildman–Crippen LogP) is 4.09. The van der Waals surface area contributed by atoms with Crippen molar-refractivity contribution in [3.05, 3.63) is 76.1 Å². The number of nitrogens with one attached hydrogen (secondary N) is 1. The highest BCUT2D eigenvalue weighted by atomic mass is 127. The highest BCUT2D eigenvalue weighted by Crippen LogP contribution is 2.13. The lowest BCUT2D eigenvalue weighted by Gasteiger charge is -2.04. The van der Waals surface area contributed by atoms with E-state index in [1.54, 1.807) is 0 Å². The van der Waals surface area contributed by atoms with E-state index in [1.807, 2.05) is 53.3 Å². The van der Waals surface area contributed by atoms with Crippen molar-refractivity contribution in [3.8, 4) is 5.69 Å². The van der Waals surface area contributed by atoms with Gasteiger partial charge >= 0.3 is 0 Å². The Morgan fingerprint density at radius 1 is 1.00 bits per heavy atom. The summed E-state index contributed by atoms with van der Waals surface area (Å²) in [6, 6.07) is 20.5. The summed E-state index contributed by atoms with van der Waals surface area (Å²) in [5.74, 6) is 0. The van der Waals surface area contributed by atoms with Gasteiger partial charge in [-0.1, -0.05) is 24.3 Å². The van der Waals surface area contributed by atoms with Gasteiger partial charge in [-0.15, -0.1) is 0 Å². The number of benzene rings is 2. The Kier molecular flexibility index (Phi) is 4.01. The number of rotatable bonds is 4. The van der Waals surface area contributed by atoms with Gasteiger partial charge in [0.25, 0.3) is 0 Å². The molecule has 0 bridgehead atoms. The summed E-state index contributed by atoms with van der Waals surface area (Å²) < 4.78 is 3.12. The zero-order valence-corrected chi connectivity index (χ0v) is 13.0. The summed E-state index contributed by atoms with van der Waals surface area (Å²) in [6.07, 6.45) is 1.99. The highest BCUT2D eigenvalue weighted by molar-refractivity contribution is 14.1. The normalized spacial score (nSPS) is 10.4. The molecule has 0 aliphatic rings. The molecular weight excluding hydrogens is 361 g/mol. The molecule has 2 aromatic carbocycles. The van der Waals surface area contributed by atoms with E-state index in [2.05, 4.69) is 51.2 Å². The van der Waals surface area contributed by atoms with Crippen molar-refractivity contribution in [1.29, 1.82) is 0 Å². The van der Waals surface area contributed by atoms with E-state index in [4.69, 9.17) is 0 Å². The summed E-state index contributed by atoms with van der Waals surface area (Å²) in [4.78, 5) is 0. The summed E-state index contributed by atoms with van der Waals surface area (Å²) in [5.41, 5.74) is 3.21. The fourth-order valence-electron chi connectivity index (χ4n) is 1.97. The molecule has 0 spiro atoms. The number of para-hydroxylation sites is 1. The molecule has 0 amide bonds. The number of anilines is 1. The van der Waals surface area contributed by atoms with Gasteiger partial charge in [-0.2, -0.15) is 5.10 Å². The summed E-state index contributed by atoms with van der Waals surface area (Å²) in [6.45, 7) is 0.722. The molecule has 4 heteroatoms. The molecule has 1 heterocycles. The number of nitrogens with zero attached hydrogens (tertiary/aromatic N) is 2. The van der Waals surface area contributed by atoms with E-state index in [0.29, 0.717) is 0 Å². The van der Waals surface area contributed by atoms with Gasteiger partial charge in [-0.25, -0.2) is 4.68 Å². The van der Waals surface area contributed by atoms with E-state index >= 15 is 0 Å². The largest absolute Gasteiger partial charge is 0.379 e. The maximum absolute atomic E-state index is 4.57. The lowest BCUT2D eigenvalue weighted by Crippen LogP contribution is -2.02. The molecule has 3 nitrogen and oxygen atoms in total. The van der Waals surface area contributed by atoms with E-state index in [0.717, 1.165) is 23.6 Å². The Labute approximate surface area is 131 Å². The maximum Gasteiger partial charge on any atom is 0.0819 e. The monoisotopic (exact) mass is 375 g/mol. The molecule has 1 aromatic heterocycles. The van der Waals surface area contributed by atoms with Gasteiger partial charge in [0.1, 0.15) is 0 Å². The molecule has 0 saturated carbocycles. The Morgan fingerprint density at radius 2 is 1.85 bits per heavy atom. The maximum atomic E-state index is 4.57.